The van der Waals surface area contributed by atoms with Crippen molar-refractivity contribution in [1.29, 1.82) is 0 Å². The highest BCUT2D eigenvalue weighted by Gasteiger charge is 2.36. The number of carbonyl (C=O) groups excluding carboxylic acids is 1. The second-order valence-electron chi connectivity index (χ2n) is 4.38. The van der Waals surface area contributed by atoms with Crippen LogP contribution in [0.5, 0.6) is 0 Å². The number of aryl methyl sites for hydroxylation is 1. The van der Waals surface area contributed by atoms with E-state index in [9.17, 15) is 4.79 Å². The van der Waals surface area contributed by atoms with Crippen LogP contribution in [0.3, 0.4) is 0 Å². The van der Waals surface area contributed by atoms with Crippen LogP contribution in [0.25, 0.3) is 0 Å². The van der Waals surface area contributed by atoms with Crippen LogP contribution in [0.1, 0.15) is 12.0 Å². The molecule has 0 spiro atoms. The van der Waals surface area contributed by atoms with Gasteiger partial charge in [-0.2, -0.15) is 0 Å². The molecule has 0 aliphatic carbocycles. The molecule has 0 bridgehead atoms. The first-order chi connectivity index (χ1) is 9.16. The van der Waals surface area contributed by atoms with Gasteiger partial charge in [0.25, 0.3) is 0 Å². The van der Waals surface area contributed by atoms with Gasteiger partial charge in [0, 0.05) is 18.9 Å². The van der Waals surface area contributed by atoms with E-state index in [0.717, 1.165) is 5.56 Å². The second-order valence-corrected chi connectivity index (χ2v) is 4.38. The Kier molecular flexibility index (Phi) is 3.97. The average molecular weight is 259 g/mol. The van der Waals surface area contributed by atoms with E-state index in [-0.39, 0.29) is 0 Å². The maximum absolute atomic E-state index is 12.0. The summed E-state index contributed by atoms with van der Waals surface area (Å²) in [5, 5.41) is 0. The number of hydrogen-bond acceptors (Lipinski definition) is 4. The molecule has 1 aromatic carbocycles. The van der Waals surface area contributed by atoms with E-state index in [4.69, 9.17) is 10.5 Å². The van der Waals surface area contributed by atoms with Crippen LogP contribution in [0.4, 0.5) is 0 Å². The van der Waals surface area contributed by atoms with Gasteiger partial charge in [-0.05, 0) is 12.0 Å². The number of esters is 1. The van der Waals surface area contributed by atoms with E-state index in [0.29, 0.717) is 13.0 Å². The fourth-order valence-corrected chi connectivity index (χ4v) is 2.01. The van der Waals surface area contributed by atoms with Crippen molar-refractivity contribution in [3.63, 3.8) is 0 Å². The summed E-state index contributed by atoms with van der Waals surface area (Å²) in [6.45, 7) is 0.598. The molecule has 0 saturated heterocycles. The second kappa shape index (κ2) is 5.67. The number of imidazole rings is 1. The molecule has 0 radical (unpaired) electrons. The van der Waals surface area contributed by atoms with Gasteiger partial charge < -0.3 is 15.0 Å². The summed E-state index contributed by atoms with van der Waals surface area (Å²) in [6, 6.07) is 9.28. The van der Waals surface area contributed by atoms with Gasteiger partial charge in [-0.15, -0.1) is 0 Å². The van der Waals surface area contributed by atoms with Crippen molar-refractivity contribution in [2.45, 2.75) is 18.5 Å². The molecule has 2 N–H and O–H groups in total. The Hall–Kier alpha value is -2.14. The molecule has 1 heterocycles. The van der Waals surface area contributed by atoms with E-state index < -0.39 is 11.5 Å². The summed E-state index contributed by atoms with van der Waals surface area (Å²) in [5.74, 6) is -0.432. The summed E-state index contributed by atoms with van der Waals surface area (Å²) in [6.07, 6.45) is 5.67. The molecule has 0 aliphatic heterocycles. The zero-order chi connectivity index (χ0) is 13.7. The summed E-state index contributed by atoms with van der Waals surface area (Å²) in [5.41, 5.74) is 5.89. The summed E-state index contributed by atoms with van der Waals surface area (Å²) >= 11 is 0. The number of methoxy groups -OCH3 is 1. The Bertz CT molecular complexity index is 525. The number of aromatic nitrogens is 2. The Labute approximate surface area is 112 Å². The van der Waals surface area contributed by atoms with Crippen LogP contribution in [0.15, 0.2) is 49.1 Å². The lowest BCUT2D eigenvalue weighted by Crippen LogP contribution is -2.46. The Morgan fingerprint density at radius 2 is 2.16 bits per heavy atom. The molecule has 100 valence electrons. The summed E-state index contributed by atoms with van der Waals surface area (Å²) < 4.78 is 6.73. The van der Waals surface area contributed by atoms with E-state index in [1.165, 1.54) is 7.11 Å². The van der Waals surface area contributed by atoms with E-state index in [1.54, 1.807) is 12.5 Å². The third-order valence-electron chi connectivity index (χ3n) is 3.16. The van der Waals surface area contributed by atoms with Crippen molar-refractivity contribution in [3.8, 4) is 0 Å². The van der Waals surface area contributed by atoms with Crippen LogP contribution in [0, 0.1) is 0 Å². The molecule has 5 heteroatoms. The molecule has 2 rings (SSSR count). The maximum atomic E-state index is 12.0. The Morgan fingerprint density at radius 1 is 1.42 bits per heavy atom. The number of ether oxygens (including phenoxy) is 1. The van der Waals surface area contributed by atoms with Gasteiger partial charge in [-0.3, -0.25) is 0 Å². The highest BCUT2D eigenvalue weighted by atomic mass is 16.5. The first-order valence-electron chi connectivity index (χ1n) is 6.05. The number of hydrogen-bond donors (Lipinski definition) is 1. The molecular formula is C14H17N3O2. The van der Waals surface area contributed by atoms with Crippen molar-refractivity contribution in [1.82, 2.24) is 9.55 Å². The number of carbonyl (C=O) groups is 1. The van der Waals surface area contributed by atoms with Gasteiger partial charge in [-0.1, -0.05) is 30.3 Å². The Morgan fingerprint density at radius 3 is 2.74 bits per heavy atom. The molecular weight excluding hydrogens is 242 g/mol. The third kappa shape index (κ3) is 2.82. The van der Waals surface area contributed by atoms with Gasteiger partial charge in [0.1, 0.15) is 5.54 Å². The van der Waals surface area contributed by atoms with Crippen LogP contribution >= 0.6 is 0 Å². The summed E-state index contributed by atoms with van der Waals surface area (Å²) in [7, 11) is 1.35. The number of nitrogens with zero attached hydrogens (tertiary/aromatic N) is 2. The molecule has 1 atom stereocenters. The van der Waals surface area contributed by atoms with Crippen LogP contribution < -0.4 is 5.73 Å². The minimum Gasteiger partial charge on any atom is -0.467 e. The molecule has 0 fully saturated rings. The van der Waals surface area contributed by atoms with E-state index >= 15 is 0 Å². The average Bonchev–Trinajstić information content (AvgIpc) is 2.98. The standard InChI is InChI=1S/C14H17N3O2/c1-19-13(18)14(15,12-5-3-2-4-6-12)7-9-17-10-8-16-11-17/h2-6,8,10-11H,7,9,15H2,1H3. The van der Waals surface area contributed by atoms with Crippen molar-refractivity contribution in [3.05, 3.63) is 54.6 Å². The van der Waals surface area contributed by atoms with Crippen LogP contribution in [-0.2, 0) is 21.6 Å². The molecule has 0 amide bonds. The molecule has 1 aromatic heterocycles. The van der Waals surface area contributed by atoms with Crippen molar-refractivity contribution in [2.24, 2.45) is 5.73 Å². The number of nitrogens with two attached hydrogens (primary N) is 1. The first kappa shape index (κ1) is 13.3. The van der Waals surface area contributed by atoms with E-state index in [2.05, 4.69) is 4.98 Å². The maximum Gasteiger partial charge on any atom is 0.330 e. The minimum absolute atomic E-state index is 0.432. The molecule has 2 aromatic rings. The van der Waals surface area contributed by atoms with Crippen LogP contribution in [0.2, 0.25) is 0 Å². The highest BCUT2D eigenvalue weighted by molar-refractivity contribution is 5.82. The molecule has 5 nitrogen and oxygen atoms in total. The lowest BCUT2D eigenvalue weighted by atomic mass is 9.87. The fraction of sp³-hybridized carbons (Fsp3) is 0.286. The fourth-order valence-electron chi connectivity index (χ4n) is 2.01. The van der Waals surface area contributed by atoms with Crippen molar-refractivity contribution >= 4 is 5.97 Å². The predicted octanol–water partition coefficient (Wildman–Crippen LogP) is 1.30. The molecule has 0 aliphatic rings. The molecule has 0 saturated carbocycles. The lowest BCUT2D eigenvalue weighted by Gasteiger charge is -2.27. The van der Waals surface area contributed by atoms with Gasteiger partial charge in [-0.25, -0.2) is 9.78 Å². The monoisotopic (exact) mass is 259 g/mol. The topological polar surface area (TPSA) is 70.1 Å². The number of rotatable bonds is 5. The minimum atomic E-state index is -1.14. The van der Waals surface area contributed by atoms with E-state index in [1.807, 2.05) is 41.1 Å². The van der Waals surface area contributed by atoms with Gasteiger partial charge >= 0.3 is 5.97 Å². The SMILES string of the molecule is COC(=O)C(N)(CCn1ccnc1)c1ccccc1. The normalized spacial score (nSPS) is 13.8. The third-order valence-corrected chi connectivity index (χ3v) is 3.16. The van der Waals surface area contributed by atoms with Gasteiger partial charge in [0.05, 0.1) is 13.4 Å². The first-order valence-corrected chi connectivity index (χ1v) is 6.05. The number of benzene rings is 1. The Balaban J connectivity index is 2.22. The van der Waals surface area contributed by atoms with Crippen LogP contribution in [-0.4, -0.2) is 22.6 Å². The van der Waals surface area contributed by atoms with Crippen molar-refractivity contribution < 1.29 is 9.53 Å². The smallest absolute Gasteiger partial charge is 0.330 e. The molecule has 1 unspecified atom stereocenters. The lowest BCUT2D eigenvalue weighted by molar-refractivity contribution is -0.148. The largest absolute Gasteiger partial charge is 0.467 e. The van der Waals surface area contributed by atoms with Gasteiger partial charge in [0.15, 0.2) is 0 Å². The van der Waals surface area contributed by atoms with Crippen molar-refractivity contribution in [2.75, 3.05) is 7.11 Å². The quantitative estimate of drug-likeness (QED) is 0.822. The highest BCUT2D eigenvalue weighted by Crippen LogP contribution is 2.24. The predicted molar refractivity (Wildman–Crippen MR) is 71.2 cm³/mol. The summed E-state index contributed by atoms with van der Waals surface area (Å²) in [4.78, 5) is 16.0. The van der Waals surface area contributed by atoms with Gasteiger partial charge in [0.2, 0.25) is 0 Å². The molecule has 19 heavy (non-hydrogen) atoms. The zero-order valence-electron chi connectivity index (χ0n) is 10.8. The zero-order valence-corrected chi connectivity index (χ0v) is 10.8.